The zero-order valence-electron chi connectivity index (χ0n) is 22.0. The smallest absolute Gasteiger partial charge is 0.414 e. The molecule has 4 bridgehead atoms. The fourth-order valence-electron chi connectivity index (χ4n) is 3.97. The summed E-state index contributed by atoms with van der Waals surface area (Å²) in [5.41, 5.74) is 6.73. The van der Waals surface area contributed by atoms with Gasteiger partial charge in [0.05, 0.1) is 24.9 Å². The number of nitrogens with one attached hydrogen (secondary N) is 2. The van der Waals surface area contributed by atoms with Crippen LogP contribution in [-0.2, 0) is 19.0 Å². The van der Waals surface area contributed by atoms with E-state index in [0.717, 1.165) is 44.3 Å². The predicted octanol–water partition coefficient (Wildman–Crippen LogP) is 1.84. The summed E-state index contributed by atoms with van der Waals surface area (Å²) in [5.74, 6) is 0. The van der Waals surface area contributed by atoms with E-state index in [4.69, 9.17) is 19.0 Å². The van der Waals surface area contributed by atoms with E-state index in [1.54, 1.807) is 49.6 Å². The molecule has 0 unspecified atom stereocenters. The van der Waals surface area contributed by atoms with Crippen LogP contribution in [0.15, 0.2) is 106 Å². The number of aryl methyl sites for hydroxylation is 2. The molecule has 0 amide bonds. The Balaban J connectivity index is 1.49. The van der Waals surface area contributed by atoms with E-state index >= 15 is 0 Å². The molecule has 1 aliphatic rings. The van der Waals surface area contributed by atoms with Gasteiger partial charge in [-0.05, 0) is 59.4 Å². The van der Waals surface area contributed by atoms with Gasteiger partial charge >= 0.3 is 14.2 Å². The predicted molar refractivity (Wildman–Crippen MR) is 154 cm³/mol. The molecule has 12 heteroatoms. The number of rotatable bonds is 2. The Hall–Kier alpha value is -5.25. The van der Waals surface area contributed by atoms with Gasteiger partial charge in [0, 0.05) is 35.2 Å². The molecule has 0 saturated heterocycles. The number of pyridine rings is 2. The Labute approximate surface area is 232 Å². The van der Waals surface area contributed by atoms with Crippen molar-refractivity contribution in [3.63, 3.8) is 0 Å². The Bertz CT molecular complexity index is 1370. The number of oxime groups is 4. The fraction of sp³-hybridized carbons (Fsp3) is 0.0714. The summed E-state index contributed by atoms with van der Waals surface area (Å²) in [7, 11) is -1.72. The molecule has 196 valence electrons. The van der Waals surface area contributed by atoms with Crippen molar-refractivity contribution in [1.82, 2.24) is 0 Å². The average Bonchev–Trinajstić information content (AvgIpc) is 2.95. The molecular weight excluding hydrogens is 506 g/mol. The van der Waals surface area contributed by atoms with Crippen molar-refractivity contribution in [2.24, 2.45) is 20.6 Å². The maximum Gasteiger partial charge on any atom is 0.675 e. The zero-order valence-corrected chi connectivity index (χ0v) is 22.0. The van der Waals surface area contributed by atoms with Crippen LogP contribution in [0.1, 0.15) is 33.4 Å². The van der Waals surface area contributed by atoms with Crippen molar-refractivity contribution >= 4 is 50.0 Å². The van der Waals surface area contributed by atoms with E-state index in [1.807, 2.05) is 74.5 Å². The lowest BCUT2D eigenvalue weighted by molar-refractivity contribution is -0.378. The summed E-state index contributed by atoms with van der Waals surface area (Å²) in [5, 5.41) is 16.7. The first-order valence-electron chi connectivity index (χ1n) is 12.5. The first kappa shape index (κ1) is 26.4. The summed E-state index contributed by atoms with van der Waals surface area (Å²) in [6.07, 6.45) is 13.5. The van der Waals surface area contributed by atoms with Gasteiger partial charge in [-0.25, -0.2) is 9.97 Å². The third kappa shape index (κ3) is 7.41. The van der Waals surface area contributed by atoms with E-state index in [9.17, 15) is 0 Å². The van der Waals surface area contributed by atoms with Gasteiger partial charge in [-0.3, -0.25) is 0 Å². The average molecular weight is 532 g/mol. The van der Waals surface area contributed by atoms with Crippen LogP contribution in [-0.4, -0.2) is 39.1 Å². The summed E-state index contributed by atoms with van der Waals surface area (Å²) in [6, 6.07) is 19.0. The van der Waals surface area contributed by atoms with Gasteiger partial charge in [0.25, 0.3) is 0 Å². The second kappa shape index (κ2) is 13.0. The number of hydrogen-bond donors (Lipinski definition) is 0. The second-order valence-electron chi connectivity index (χ2n) is 9.04. The Morgan fingerprint density at radius 2 is 0.775 bits per heavy atom. The van der Waals surface area contributed by atoms with Crippen LogP contribution in [0.2, 0.25) is 0 Å². The highest BCUT2D eigenvalue weighted by atomic mass is 16.7. The molecule has 3 heterocycles. The second-order valence-corrected chi connectivity index (χ2v) is 9.04. The molecule has 0 spiro atoms. The Morgan fingerprint density at radius 3 is 1.07 bits per heavy atom. The van der Waals surface area contributed by atoms with E-state index in [2.05, 4.69) is 30.6 Å². The van der Waals surface area contributed by atoms with Gasteiger partial charge in [0.1, 0.15) is 0 Å². The summed E-state index contributed by atoms with van der Waals surface area (Å²) < 4.78 is 22.8. The van der Waals surface area contributed by atoms with Gasteiger partial charge in [-0.2, -0.15) is 0 Å². The standard InChI is InChI=1S/C28H24B2N6O4/c1-21-11-23-15-24(12-21)18-34-38-30(28-5-9-32-10-6-28)40-36-20-26-14-22(2)13-25(16-26)19-35-39-29(37-33-17-23)27-3-7-31-8-4-27/h3-20H,1-2H3/p+2/b33-17-,34-18+,35-19+,36-20+. The Kier molecular flexibility index (Phi) is 8.57. The van der Waals surface area contributed by atoms with Crippen molar-refractivity contribution < 1.29 is 29.0 Å². The SMILES string of the molecule is Cc1cc2cc(c1)/C=N/OB(c1cc[nH+]cc1)O/N=C/c1cc(C)cc(c1)/C=N/OB(c1cc[nH+]cc1)O/N=C\2. The lowest BCUT2D eigenvalue weighted by Gasteiger charge is -2.09. The number of aromatic amines is 2. The van der Waals surface area contributed by atoms with Gasteiger partial charge < -0.3 is 19.0 Å². The molecular formula is C28H26B2N6O4+2. The number of fused-ring (bicyclic) bond motifs is 4. The largest absolute Gasteiger partial charge is 0.675 e. The molecule has 2 N–H and O–H groups in total. The summed E-state index contributed by atoms with van der Waals surface area (Å²) in [4.78, 5) is 5.97. The lowest BCUT2D eigenvalue weighted by Crippen LogP contribution is -2.35. The maximum atomic E-state index is 5.71. The van der Waals surface area contributed by atoms with Crippen molar-refractivity contribution in [3.8, 4) is 0 Å². The molecule has 40 heavy (non-hydrogen) atoms. The third-order valence-corrected chi connectivity index (χ3v) is 5.71. The van der Waals surface area contributed by atoms with Crippen LogP contribution in [0.4, 0.5) is 0 Å². The molecule has 2 aromatic heterocycles. The van der Waals surface area contributed by atoms with Crippen molar-refractivity contribution in [2.45, 2.75) is 13.8 Å². The quantitative estimate of drug-likeness (QED) is 0.367. The molecule has 0 radical (unpaired) electrons. The number of hydrogen-bond acceptors (Lipinski definition) is 8. The normalized spacial score (nSPS) is 16.8. The number of H-pyrrole nitrogens is 2. The zero-order chi connectivity index (χ0) is 27.6. The monoisotopic (exact) mass is 532 g/mol. The fourth-order valence-corrected chi connectivity index (χ4v) is 3.97. The minimum atomic E-state index is -0.862. The van der Waals surface area contributed by atoms with E-state index in [1.165, 1.54) is 0 Å². The Morgan fingerprint density at radius 1 is 0.475 bits per heavy atom. The third-order valence-electron chi connectivity index (χ3n) is 5.71. The van der Waals surface area contributed by atoms with E-state index in [-0.39, 0.29) is 0 Å². The van der Waals surface area contributed by atoms with Crippen LogP contribution in [0.5, 0.6) is 0 Å². The molecule has 0 saturated carbocycles. The highest BCUT2D eigenvalue weighted by Crippen LogP contribution is 2.09. The molecule has 4 aromatic rings. The lowest BCUT2D eigenvalue weighted by atomic mass is 9.80. The van der Waals surface area contributed by atoms with Gasteiger partial charge in [0.15, 0.2) is 24.8 Å². The van der Waals surface area contributed by atoms with Crippen molar-refractivity contribution in [2.75, 3.05) is 0 Å². The van der Waals surface area contributed by atoms with Crippen LogP contribution in [0, 0.1) is 13.8 Å². The topological polar surface area (TPSA) is 115 Å². The van der Waals surface area contributed by atoms with Gasteiger partial charge in [-0.1, -0.05) is 24.3 Å². The first-order valence-corrected chi connectivity index (χ1v) is 12.5. The maximum absolute atomic E-state index is 5.71. The molecule has 0 aliphatic carbocycles. The van der Waals surface area contributed by atoms with E-state index in [0.29, 0.717) is 0 Å². The molecule has 0 atom stereocenters. The number of benzene rings is 2. The molecule has 1 aliphatic heterocycles. The molecule has 2 aromatic carbocycles. The van der Waals surface area contributed by atoms with Crippen molar-refractivity contribution in [1.29, 1.82) is 0 Å². The van der Waals surface area contributed by atoms with Crippen LogP contribution in [0.3, 0.4) is 0 Å². The highest BCUT2D eigenvalue weighted by molar-refractivity contribution is 6.61. The minimum Gasteiger partial charge on any atom is -0.414 e. The van der Waals surface area contributed by atoms with Gasteiger partial charge in [-0.15, -0.1) is 20.6 Å². The number of aromatic nitrogens is 2. The molecule has 5 rings (SSSR count). The summed E-state index contributed by atoms with van der Waals surface area (Å²) in [6.45, 7) is 3.96. The van der Waals surface area contributed by atoms with E-state index < -0.39 is 14.2 Å². The number of nitrogens with zero attached hydrogens (tertiary/aromatic N) is 4. The van der Waals surface area contributed by atoms with Gasteiger partial charge in [0.2, 0.25) is 0 Å². The molecule has 10 nitrogen and oxygen atoms in total. The van der Waals surface area contributed by atoms with Crippen molar-refractivity contribution in [3.05, 3.63) is 119 Å². The van der Waals surface area contributed by atoms with Crippen LogP contribution in [0.25, 0.3) is 0 Å². The summed E-state index contributed by atoms with van der Waals surface area (Å²) >= 11 is 0. The minimum absolute atomic E-state index is 0.740. The van der Waals surface area contributed by atoms with Crippen LogP contribution < -0.4 is 20.9 Å². The highest BCUT2D eigenvalue weighted by Gasteiger charge is 2.28. The van der Waals surface area contributed by atoms with Crippen LogP contribution >= 0.6 is 0 Å². The molecule has 0 fully saturated rings. The first-order chi connectivity index (χ1) is 19.6.